The van der Waals surface area contributed by atoms with Gasteiger partial charge in [0.2, 0.25) is 0 Å². The summed E-state index contributed by atoms with van der Waals surface area (Å²) in [6, 6.07) is 2.96. The molecule has 0 bridgehead atoms. The highest BCUT2D eigenvalue weighted by Gasteiger charge is 2.10. The first-order valence-corrected chi connectivity index (χ1v) is 4.25. The van der Waals surface area contributed by atoms with Crippen molar-refractivity contribution in [1.29, 1.82) is 0 Å². The molecule has 1 rings (SSSR count). The third-order valence-corrected chi connectivity index (χ3v) is 2.43. The van der Waals surface area contributed by atoms with Crippen molar-refractivity contribution in [3.63, 3.8) is 0 Å². The van der Waals surface area contributed by atoms with E-state index in [-0.39, 0.29) is 5.56 Å². The van der Waals surface area contributed by atoms with Gasteiger partial charge in [-0.3, -0.25) is 4.79 Å². The van der Waals surface area contributed by atoms with Crippen LogP contribution in [0.15, 0.2) is 12.1 Å². The first-order valence-electron chi connectivity index (χ1n) is 3.18. The molecule has 64 valence electrons. The summed E-state index contributed by atoms with van der Waals surface area (Å²) in [4.78, 5) is 10.3. The first-order chi connectivity index (χ1) is 5.70. The molecule has 2 nitrogen and oxygen atoms in total. The molecule has 0 heterocycles. The summed E-state index contributed by atoms with van der Waals surface area (Å²) in [6.07, 6.45) is 0.483. The summed E-state index contributed by atoms with van der Waals surface area (Å²) in [6.45, 7) is 0. The molecule has 0 atom stereocenters. The smallest absolute Gasteiger partial charge is 0.153 e. The van der Waals surface area contributed by atoms with Crippen LogP contribution in [0.3, 0.4) is 0 Å². The maximum absolute atomic E-state index is 13.1. The van der Waals surface area contributed by atoms with E-state index in [1.54, 1.807) is 28.7 Å². The van der Waals surface area contributed by atoms with Crippen molar-refractivity contribution in [1.82, 2.24) is 0 Å². The molecule has 0 aliphatic rings. The molecule has 4 heteroatoms. The lowest BCUT2D eigenvalue weighted by Gasteiger charge is -2.04. The zero-order valence-corrected chi connectivity index (χ0v) is 8.46. The van der Waals surface area contributed by atoms with Crippen LogP contribution in [-0.2, 0) is 0 Å². The van der Waals surface area contributed by atoms with Crippen molar-refractivity contribution in [2.45, 2.75) is 0 Å². The predicted molar refractivity (Wildman–Crippen MR) is 51.1 cm³/mol. The zero-order chi connectivity index (χ0) is 9.14. The van der Waals surface area contributed by atoms with E-state index in [1.165, 1.54) is 13.2 Å². The summed E-state index contributed by atoms with van der Waals surface area (Å²) in [5.41, 5.74) is 0.0557. The molecule has 1 aromatic carbocycles. The van der Waals surface area contributed by atoms with E-state index < -0.39 is 5.82 Å². The van der Waals surface area contributed by atoms with E-state index in [2.05, 4.69) is 0 Å². The zero-order valence-electron chi connectivity index (χ0n) is 6.30. The molecule has 0 N–H and O–H groups in total. The van der Waals surface area contributed by atoms with Crippen molar-refractivity contribution < 1.29 is 13.9 Å². The first kappa shape index (κ1) is 9.44. The Balaban J connectivity index is 3.29. The van der Waals surface area contributed by atoms with E-state index in [1.807, 2.05) is 0 Å². The molecule has 0 aliphatic carbocycles. The Morgan fingerprint density at radius 2 is 2.25 bits per heavy atom. The van der Waals surface area contributed by atoms with Crippen LogP contribution in [0.25, 0.3) is 0 Å². The van der Waals surface area contributed by atoms with Crippen LogP contribution >= 0.6 is 22.6 Å². The molecule has 0 saturated heterocycles. The van der Waals surface area contributed by atoms with Crippen molar-refractivity contribution in [3.8, 4) is 5.75 Å². The highest BCUT2D eigenvalue weighted by molar-refractivity contribution is 14.1. The topological polar surface area (TPSA) is 26.3 Å². The second-order valence-electron chi connectivity index (χ2n) is 2.10. The number of benzene rings is 1. The van der Waals surface area contributed by atoms with Gasteiger partial charge in [-0.05, 0) is 34.7 Å². The van der Waals surface area contributed by atoms with Crippen molar-refractivity contribution in [2.75, 3.05) is 7.11 Å². The molecule has 0 aromatic heterocycles. The average molecular weight is 280 g/mol. The molecule has 0 saturated carbocycles. The second kappa shape index (κ2) is 3.84. The molecule has 0 unspecified atom stereocenters. The predicted octanol–water partition coefficient (Wildman–Crippen LogP) is 2.25. The summed E-state index contributed by atoms with van der Waals surface area (Å²) in [5.74, 6) is -0.0800. The number of carbonyl (C=O) groups is 1. The lowest BCUT2D eigenvalue weighted by molar-refractivity contribution is 0.111. The van der Waals surface area contributed by atoms with Crippen LogP contribution in [0, 0.1) is 9.39 Å². The van der Waals surface area contributed by atoms with Gasteiger partial charge in [0.1, 0.15) is 5.75 Å². The van der Waals surface area contributed by atoms with E-state index in [0.29, 0.717) is 15.6 Å². The molecule has 0 fully saturated rings. The summed E-state index contributed by atoms with van der Waals surface area (Å²) in [7, 11) is 1.46. The van der Waals surface area contributed by atoms with Crippen LogP contribution < -0.4 is 4.74 Å². The minimum atomic E-state index is -0.523. The van der Waals surface area contributed by atoms with Crippen LogP contribution in [-0.4, -0.2) is 13.4 Å². The van der Waals surface area contributed by atoms with Gasteiger partial charge in [-0.25, -0.2) is 4.39 Å². The lowest BCUT2D eigenvalue weighted by Crippen LogP contribution is -1.95. The molecular weight excluding hydrogens is 274 g/mol. The quantitative estimate of drug-likeness (QED) is 0.613. The van der Waals surface area contributed by atoms with E-state index in [0.717, 1.165) is 0 Å². The number of methoxy groups -OCH3 is 1. The van der Waals surface area contributed by atoms with Crippen LogP contribution in [0.5, 0.6) is 5.75 Å². The standard InChI is InChI=1S/C8H6FIO2/c1-12-6-3-2-5(4-11)7(9)8(6)10/h2-4H,1H3. The largest absolute Gasteiger partial charge is 0.496 e. The maximum atomic E-state index is 13.1. The van der Waals surface area contributed by atoms with Gasteiger partial charge >= 0.3 is 0 Å². The number of ether oxygens (including phenoxy) is 1. The fourth-order valence-electron chi connectivity index (χ4n) is 0.795. The van der Waals surface area contributed by atoms with E-state index >= 15 is 0 Å². The lowest BCUT2D eigenvalue weighted by atomic mass is 10.2. The fraction of sp³-hybridized carbons (Fsp3) is 0.125. The number of halogens is 2. The molecule has 0 spiro atoms. The Kier molecular flexibility index (Phi) is 3.02. The Morgan fingerprint density at radius 3 is 2.75 bits per heavy atom. The van der Waals surface area contributed by atoms with Gasteiger partial charge in [0, 0.05) is 0 Å². The number of hydrogen-bond acceptors (Lipinski definition) is 2. The summed E-state index contributed by atoms with van der Waals surface area (Å²) in [5, 5.41) is 0. The minimum Gasteiger partial charge on any atom is -0.496 e. The Morgan fingerprint density at radius 1 is 1.58 bits per heavy atom. The third-order valence-electron chi connectivity index (χ3n) is 1.42. The van der Waals surface area contributed by atoms with Gasteiger partial charge in [-0.2, -0.15) is 0 Å². The monoisotopic (exact) mass is 280 g/mol. The number of aldehydes is 1. The third kappa shape index (κ3) is 1.57. The Bertz CT molecular complexity index is 312. The summed E-state index contributed by atoms with van der Waals surface area (Å²) >= 11 is 1.80. The minimum absolute atomic E-state index is 0.0557. The SMILES string of the molecule is COc1ccc(C=O)c(F)c1I. The Labute approximate surface area is 82.9 Å². The van der Waals surface area contributed by atoms with Crippen molar-refractivity contribution in [3.05, 3.63) is 27.1 Å². The van der Waals surface area contributed by atoms with Crippen LogP contribution in [0.2, 0.25) is 0 Å². The van der Waals surface area contributed by atoms with Crippen molar-refractivity contribution >= 4 is 28.9 Å². The normalized spacial score (nSPS) is 9.58. The fourth-order valence-corrected chi connectivity index (χ4v) is 1.51. The van der Waals surface area contributed by atoms with Crippen molar-refractivity contribution in [2.24, 2.45) is 0 Å². The van der Waals surface area contributed by atoms with Gasteiger partial charge in [0.25, 0.3) is 0 Å². The Hall–Kier alpha value is -0.650. The van der Waals surface area contributed by atoms with Crippen LogP contribution in [0.1, 0.15) is 10.4 Å². The van der Waals surface area contributed by atoms with Crippen LogP contribution in [0.4, 0.5) is 4.39 Å². The van der Waals surface area contributed by atoms with E-state index in [9.17, 15) is 9.18 Å². The molecule has 0 amide bonds. The highest BCUT2D eigenvalue weighted by atomic mass is 127. The van der Waals surface area contributed by atoms with Gasteiger partial charge in [-0.15, -0.1) is 0 Å². The molecule has 0 aliphatic heterocycles. The average Bonchev–Trinajstić information content (AvgIpc) is 2.10. The number of hydrogen-bond donors (Lipinski definition) is 0. The molecule has 12 heavy (non-hydrogen) atoms. The highest BCUT2D eigenvalue weighted by Crippen LogP contribution is 2.24. The van der Waals surface area contributed by atoms with Gasteiger partial charge < -0.3 is 4.74 Å². The molecule has 0 radical (unpaired) electrons. The molecular formula is C8H6FIO2. The molecule has 1 aromatic rings. The van der Waals surface area contributed by atoms with E-state index in [4.69, 9.17) is 4.74 Å². The number of rotatable bonds is 2. The second-order valence-corrected chi connectivity index (χ2v) is 3.18. The number of carbonyl (C=O) groups excluding carboxylic acids is 1. The summed E-state index contributed by atoms with van der Waals surface area (Å²) < 4.78 is 18.3. The van der Waals surface area contributed by atoms with Gasteiger partial charge in [0.15, 0.2) is 12.1 Å². The maximum Gasteiger partial charge on any atom is 0.153 e. The van der Waals surface area contributed by atoms with Gasteiger partial charge in [0.05, 0.1) is 16.2 Å². The van der Waals surface area contributed by atoms with Gasteiger partial charge in [-0.1, -0.05) is 0 Å².